The second kappa shape index (κ2) is 7.08. The number of rotatable bonds is 4. The van der Waals surface area contributed by atoms with Crippen LogP contribution in [0.5, 0.6) is 0 Å². The van der Waals surface area contributed by atoms with E-state index in [9.17, 15) is 5.11 Å². The summed E-state index contributed by atoms with van der Waals surface area (Å²) in [6.07, 6.45) is 0.471. The van der Waals surface area contributed by atoms with Crippen LogP contribution in [0.4, 0.5) is 0 Å². The number of aliphatic hydroxyl groups is 1. The smallest absolute Gasteiger partial charge is 0.0892 e. The van der Waals surface area contributed by atoms with Crippen molar-refractivity contribution in [1.29, 1.82) is 0 Å². The molecule has 2 heterocycles. The van der Waals surface area contributed by atoms with Crippen molar-refractivity contribution >= 4 is 21.6 Å². The average Bonchev–Trinajstić information content (AvgIpc) is 3.12. The van der Waals surface area contributed by atoms with Gasteiger partial charge in [-0.2, -0.15) is 0 Å². The highest BCUT2D eigenvalue weighted by Gasteiger charge is 2.45. The molecule has 1 saturated heterocycles. The maximum Gasteiger partial charge on any atom is 0.0892 e. The Balaban J connectivity index is 1.57. The molecule has 5 heteroatoms. The van der Waals surface area contributed by atoms with Crippen molar-refractivity contribution in [1.82, 2.24) is 14.8 Å². The normalized spacial score (nSPS) is 24.4. The summed E-state index contributed by atoms with van der Waals surface area (Å²) in [5.41, 5.74) is 5.15. The number of β-amino-alcohol motifs (C(OH)–C–C–N with tert-alkyl or cyclic N) is 1. The third-order valence-corrected chi connectivity index (χ3v) is 6.61. The molecule has 1 aromatic heterocycles. The standard InChI is InChI=1S/C21H25N3OS/c1-23(2)21(17-8-4-3-5-9-17)11-12-24(14-19(21)25)13-16-7-6-10-18-20(16)26-15-22-18/h3-10,15,19,25H,11-14H2,1-2H3/t19-,21+/m1/s1. The number of hydrogen-bond donors (Lipinski definition) is 1. The van der Waals surface area contributed by atoms with E-state index in [0.717, 1.165) is 25.0 Å². The van der Waals surface area contributed by atoms with Crippen molar-refractivity contribution in [2.24, 2.45) is 0 Å². The van der Waals surface area contributed by atoms with Crippen LogP contribution in [0.1, 0.15) is 17.5 Å². The number of aromatic nitrogens is 1. The first-order chi connectivity index (χ1) is 12.6. The number of benzene rings is 2. The van der Waals surface area contributed by atoms with Crippen LogP contribution in [-0.2, 0) is 12.1 Å². The van der Waals surface area contributed by atoms with Gasteiger partial charge in [0.15, 0.2) is 0 Å². The van der Waals surface area contributed by atoms with Gasteiger partial charge < -0.3 is 5.11 Å². The predicted octanol–water partition coefficient (Wildman–Crippen LogP) is 3.32. The number of aliphatic hydroxyl groups excluding tert-OH is 1. The highest BCUT2D eigenvalue weighted by molar-refractivity contribution is 7.16. The largest absolute Gasteiger partial charge is 0.389 e. The Hall–Kier alpha value is -1.79. The molecule has 0 saturated carbocycles. The van der Waals surface area contributed by atoms with Gasteiger partial charge in [-0.25, -0.2) is 4.98 Å². The molecule has 3 aromatic rings. The van der Waals surface area contributed by atoms with E-state index in [1.165, 1.54) is 15.8 Å². The Morgan fingerprint density at radius 3 is 2.73 bits per heavy atom. The fraction of sp³-hybridized carbons (Fsp3) is 0.381. The van der Waals surface area contributed by atoms with Crippen LogP contribution in [0, 0.1) is 0 Å². The molecule has 2 atom stereocenters. The maximum atomic E-state index is 11.2. The zero-order chi connectivity index (χ0) is 18.1. The molecule has 0 amide bonds. The minimum Gasteiger partial charge on any atom is -0.389 e. The number of likely N-dealkylation sites (N-methyl/N-ethyl adjacent to an activating group) is 1. The van der Waals surface area contributed by atoms with Gasteiger partial charge in [-0.1, -0.05) is 42.5 Å². The third kappa shape index (κ3) is 2.95. The number of hydrogen-bond acceptors (Lipinski definition) is 5. The molecular formula is C21H25N3OS. The monoisotopic (exact) mass is 367 g/mol. The van der Waals surface area contributed by atoms with E-state index in [-0.39, 0.29) is 5.54 Å². The molecule has 136 valence electrons. The summed E-state index contributed by atoms with van der Waals surface area (Å²) in [5, 5.41) is 11.2. The minimum absolute atomic E-state index is 0.325. The van der Waals surface area contributed by atoms with Gasteiger partial charge in [0.25, 0.3) is 0 Å². The van der Waals surface area contributed by atoms with E-state index >= 15 is 0 Å². The molecule has 1 N–H and O–H groups in total. The molecule has 2 aromatic carbocycles. The van der Waals surface area contributed by atoms with Gasteiger partial charge in [-0.3, -0.25) is 9.80 Å². The number of fused-ring (bicyclic) bond motifs is 1. The molecule has 0 bridgehead atoms. The summed E-state index contributed by atoms with van der Waals surface area (Å²) >= 11 is 1.70. The average molecular weight is 368 g/mol. The van der Waals surface area contributed by atoms with E-state index in [4.69, 9.17) is 0 Å². The second-order valence-electron chi connectivity index (χ2n) is 7.30. The molecule has 0 radical (unpaired) electrons. The van der Waals surface area contributed by atoms with Crippen LogP contribution in [0.15, 0.2) is 54.0 Å². The van der Waals surface area contributed by atoms with E-state index in [0.29, 0.717) is 6.54 Å². The predicted molar refractivity (Wildman–Crippen MR) is 107 cm³/mol. The summed E-state index contributed by atoms with van der Waals surface area (Å²) in [7, 11) is 4.15. The van der Waals surface area contributed by atoms with Crippen LogP contribution in [-0.4, -0.2) is 53.2 Å². The number of nitrogens with zero attached hydrogens (tertiary/aromatic N) is 3. The van der Waals surface area contributed by atoms with Crippen LogP contribution in [0.2, 0.25) is 0 Å². The summed E-state index contributed by atoms with van der Waals surface area (Å²) < 4.78 is 1.26. The van der Waals surface area contributed by atoms with Crippen LogP contribution >= 0.6 is 11.3 Å². The SMILES string of the molecule is CN(C)[C@]1(c2ccccc2)CCN(Cc2cccc3ncsc23)C[C@H]1O. The number of likely N-dealkylation sites (tertiary alicyclic amines) is 1. The summed E-state index contributed by atoms with van der Waals surface area (Å²) in [5.74, 6) is 0. The molecule has 1 fully saturated rings. The molecular weight excluding hydrogens is 342 g/mol. The Morgan fingerprint density at radius 2 is 2.00 bits per heavy atom. The summed E-state index contributed by atoms with van der Waals surface area (Å²) in [4.78, 5) is 8.97. The molecule has 1 aliphatic heterocycles. The number of piperidine rings is 1. The third-order valence-electron chi connectivity index (χ3n) is 5.70. The van der Waals surface area contributed by atoms with Crippen molar-refractivity contribution in [3.05, 3.63) is 65.2 Å². The lowest BCUT2D eigenvalue weighted by Crippen LogP contribution is -2.59. The zero-order valence-corrected chi connectivity index (χ0v) is 16.1. The molecule has 26 heavy (non-hydrogen) atoms. The van der Waals surface area contributed by atoms with Gasteiger partial charge in [0.05, 0.1) is 27.4 Å². The van der Waals surface area contributed by atoms with Crippen molar-refractivity contribution < 1.29 is 5.11 Å². The fourth-order valence-corrected chi connectivity index (χ4v) is 5.08. The topological polar surface area (TPSA) is 39.6 Å². The first-order valence-corrected chi connectivity index (χ1v) is 9.93. The van der Waals surface area contributed by atoms with Gasteiger partial charge >= 0.3 is 0 Å². The van der Waals surface area contributed by atoms with Crippen LogP contribution < -0.4 is 0 Å². The maximum absolute atomic E-state index is 11.2. The van der Waals surface area contributed by atoms with Gasteiger partial charge in [-0.15, -0.1) is 11.3 Å². The summed E-state index contributed by atoms with van der Waals surface area (Å²) in [6, 6.07) is 16.7. The molecule has 0 unspecified atom stereocenters. The van der Waals surface area contributed by atoms with Gasteiger partial charge in [-0.05, 0) is 37.7 Å². The fourth-order valence-electron chi connectivity index (χ4n) is 4.28. The van der Waals surface area contributed by atoms with E-state index in [1.54, 1.807) is 11.3 Å². The molecule has 0 spiro atoms. The lowest BCUT2D eigenvalue weighted by atomic mass is 9.77. The summed E-state index contributed by atoms with van der Waals surface area (Å²) in [6.45, 7) is 2.48. The van der Waals surface area contributed by atoms with Crippen molar-refractivity contribution in [2.45, 2.75) is 24.6 Å². The van der Waals surface area contributed by atoms with Gasteiger partial charge in [0.1, 0.15) is 0 Å². The van der Waals surface area contributed by atoms with E-state index in [1.807, 2.05) is 11.6 Å². The molecule has 4 rings (SSSR count). The first kappa shape index (κ1) is 17.6. The van der Waals surface area contributed by atoms with E-state index < -0.39 is 6.10 Å². The zero-order valence-electron chi connectivity index (χ0n) is 15.3. The lowest BCUT2D eigenvalue weighted by Gasteiger charge is -2.50. The minimum atomic E-state index is -0.436. The van der Waals surface area contributed by atoms with Crippen LogP contribution in [0.25, 0.3) is 10.2 Å². The molecule has 0 aliphatic carbocycles. The highest BCUT2D eigenvalue weighted by Crippen LogP contribution is 2.38. The van der Waals surface area contributed by atoms with E-state index in [2.05, 4.69) is 71.3 Å². The first-order valence-electron chi connectivity index (χ1n) is 9.06. The van der Waals surface area contributed by atoms with Crippen molar-refractivity contribution in [3.8, 4) is 0 Å². The molecule has 1 aliphatic rings. The number of thiazole rings is 1. The van der Waals surface area contributed by atoms with Crippen molar-refractivity contribution in [2.75, 3.05) is 27.2 Å². The second-order valence-corrected chi connectivity index (χ2v) is 8.16. The Kier molecular flexibility index (Phi) is 4.80. The Morgan fingerprint density at radius 1 is 1.19 bits per heavy atom. The Labute approximate surface area is 158 Å². The van der Waals surface area contributed by atoms with Crippen LogP contribution in [0.3, 0.4) is 0 Å². The quantitative estimate of drug-likeness (QED) is 0.768. The Bertz CT molecular complexity index is 879. The van der Waals surface area contributed by atoms with Gasteiger partial charge in [0.2, 0.25) is 0 Å². The highest BCUT2D eigenvalue weighted by atomic mass is 32.1. The lowest BCUT2D eigenvalue weighted by molar-refractivity contribution is -0.0701. The van der Waals surface area contributed by atoms with Crippen molar-refractivity contribution in [3.63, 3.8) is 0 Å². The van der Waals surface area contributed by atoms with Gasteiger partial charge in [0, 0.05) is 19.6 Å². The molecule has 4 nitrogen and oxygen atoms in total.